The topological polar surface area (TPSA) is 29.1 Å². The third-order valence-electron chi connectivity index (χ3n) is 1.75. The van der Waals surface area contributed by atoms with Crippen molar-refractivity contribution in [3.63, 3.8) is 0 Å². The van der Waals surface area contributed by atoms with Gasteiger partial charge < -0.3 is 5.32 Å². The van der Waals surface area contributed by atoms with Crippen LogP contribution in [0.4, 0.5) is 5.69 Å². The molecule has 2 nitrogen and oxygen atoms in total. The van der Waals surface area contributed by atoms with E-state index in [2.05, 4.69) is 5.32 Å². The summed E-state index contributed by atoms with van der Waals surface area (Å²) in [6.45, 7) is 0. The summed E-state index contributed by atoms with van der Waals surface area (Å²) in [7, 11) is 0. The van der Waals surface area contributed by atoms with Gasteiger partial charge >= 0.3 is 0 Å². The molecule has 1 aromatic rings. The van der Waals surface area contributed by atoms with E-state index in [0.29, 0.717) is 22.2 Å². The Morgan fingerprint density at radius 3 is 2.83 bits per heavy atom. The van der Waals surface area contributed by atoms with E-state index in [1.165, 1.54) is 0 Å². The number of nitrogens with one attached hydrogen (secondary N) is 1. The highest BCUT2D eigenvalue weighted by Crippen LogP contribution is 2.33. The molecule has 1 aliphatic heterocycles. The van der Waals surface area contributed by atoms with Crippen molar-refractivity contribution in [2.75, 3.05) is 5.32 Å². The van der Waals surface area contributed by atoms with Crippen molar-refractivity contribution in [1.82, 2.24) is 0 Å². The summed E-state index contributed by atoms with van der Waals surface area (Å²) in [4.78, 5) is 11.0. The number of rotatable bonds is 0. The summed E-state index contributed by atoms with van der Waals surface area (Å²) in [5.74, 6) is -0.0332. The molecular formula is C8H5Cl2NO. The van der Waals surface area contributed by atoms with Crippen LogP contribution in [0.1, 0.15) is 5.56 Å². The van der Waals surface area contributed by atoms with Crippen molar-refractivity contribution >= 4 is 34.8 Å². The fraction of sp³-hybridized carbons (Fsp3) is 0.125. The fourth-order valence-corrected chi connectivity index (χ4v) is 1.85. The third kappa shape index (κ3) is 1.17. The minimum Gasteiger partial charge on any atom is -0.324 e. The van der Waals surface area contributed by atoms with Crippen molar-refractivity contribution in [1.29, 1.82) is 0 Å². The predicted octanol–water partition coefficient (Wildman–Crippen LogP) is 2.49. The standard InChI is InChI=1S/C8H5Cl2NO/c9-5-1-4-2-7(12)11-8(4)6(10)3-5/h1,3H,2H2,(H,11,12). The molecule has 0 fully saturated rings. The number of anilines is 1. The maximum Gasteiger partial charge on any atom is 0.228 e. The lowest BCUT2D eigenvalue weighted by Gasteiger charge is -2.01. The number of amides is 1. The van der Waals surface area contributed by atoms with Gasteiger partial charge in [-0.3, -0.25) is 4.79 Å². The van der Waals surface area contributed by atoms with Crippen LogP contribution in [0.25, 0.3) is 0 Å². The molecule has 0 aromatic heterocycles. The largest absolute Gasteiger partial charge is 0.324 e. The average molecular weight is 202 g/mol. The summed E-state index contributed by atoms with van der Waals surface area (Å²) in [6.07, 6.45) is 0.371. The first-order valence-electron chi connectivity index (χ1n) is 3.44. The molecule has 0 saturated heterocycles. The van der Waals surface area contributed by atoms with Crippen LogP contribution in [0.15, 0.2) is 12.1 Å². The van der Waals surface area contributed by atoms with Crippen molar-refractivity contribution in [3.8, 4) is 0 Å². The second-order valence-corrected chi connectivity index (χ2v) is 3.49. The molecule has 1 amide bonds. The zero-order valence-corrected chi connectivity index (χ0v) is 7.54. The van der Waals surface area contributed by atoms with Crippen LogP contribution in [-0.2, 0) is 11.2 Å². The van der Waals surface area contributed by atoms with E-state index in [1.807, 2.05) is 0 Å². The number of hydrogen-bond acceptors (Lipinski definition) is 1. The Kier molecular flexibility index (Phi) is 1.74. The van der Waals surface area contributed by atoms with Gasteiger partial charge in [0.25, 0.3) is 0 Å². The smallest absolute Gasteiger partial charge is 0.228 e. The SMILES string of the molecule is O=C1Cc2cc(Cl)cc(Cl)c2N1. The van der Waals surface area contributed by atoms with Gasteiger partial charge in [0.15, 0.2) is 0 Å². The molecule has 1 N–H and O–H groups in total. The van der Waals surface area contributed by atoms with Crippen molar-refractivity contribution in [3.05, 3.63) is 27.7 Å². The molecule has 0 aliphatic carbocycles. The highest BCUT2D eigenvalue weighted by Gasteiger charge is 2.20. The van der Waals surface area contributed by atoms with Crippen molar-refractivity contribution in [2.45, 2.75) is 6.42 Å². The van der Waals surface area contributed by atoms with E-state index in [1.54, 1.807) is 12.1 Å². The first kappa shape index (κ1) is 7.90. The molecule has 4 heteroatoms. The maximum absolute atomic E-state index is 11.0. The van der Waals surface area contributed by atoms with Gasteiger partial charge in [-0.1, -0.05) is 23.2 Å². The van der Waals surface area contributed by atoms with E-state index in [9.17, 15) is 4.79 Å². The average Bonchev–Trinajstić information content (AvgIpc) is 2.29. The maximum atomic E-state index is 11.0. The monoisotopic (exact) mass is 201 g/mol. The second-order valence-electron chi connectivity index (χ2n) is 2.65. The van der Waals surface area contributed by atoms with Crippen LogP contribution >= 0.6 is 23.2 Å². The van der Waals surface area contributed by atoms with Gasteiger partial charge in [-0.2, -0.15) is 0 Å². The lowest BCUT2D eigenvalue weighted by molar-refractivity contribution is -0.115. The number of benzene rings is 1. The van der Waals surface area contributed by atoms with E-state index in [-0.39, 0.29) is 5.91 Å². The lowest BCUT2D eigenvalue weighted by Crippen LogP contribution is -2.03. The van der Waals surface area contributed by atoms with Crippen LogP contribution in [-0.4, -0.2) is 5.91 Å². The minimum absolute atomic E-state index is 0.0332. The van der Waals surface area contributed by atoms with E-state index in [4.69, 9.17) is 23.2 Å². The van der Waals surface area contributed by atoms with E-state index in [0.717, 1.165) is 5.56 Å². The fourth-order valence-electron chi connectivity index (χ4n) is 1.26. The third-order valence-corrected chi connectivity index (χ3v) is 2.27. The van der Waals surface area contributed by atoms with Gasteiger partial charge in [-0.15, -0.1) is 0 Å². The van der Waals surface area contributed by atoms with Gasteiger partial charge in [0.05, 0.1) is 17.1 Å². The van der Waals surface area contributed by atoms with Crippen LogP contribution in [0, 0.1) is 0 Å². The van der Waals surface area contributed by atoms with Gasteiger partial charge in [0.1, 0.15) is 0 Å². The molecule has 62 valence electrons. The first-order valence-corrected chi connectivity index (χ1v) is 4.20. The lowest BCUT2D eigenvalue weighted by atomic mass is 10.2. The Bertz CT molecular complexity index is 362. The Hall–Kier alpha value is -0.730. The van der Waals surface area contributed by atoms with Crippen molar-refractivity contribution < 1.29 is 4.79 Å². The zero-order chi connectivity index (χ0) is 8.72. The molecule has 0 unspecified atom stereocenters. The molecule has 0 spiro atoms. The van der Waals surface area contributed by atoms with Crippen LogP contribution in [0.3, 0.4) is 0 Å². The summed E-state index contributed by atoms with van der Waals surface area (Å²) >= 11 is 11.6. The normalized spacial score (nSPS) is 14.3. The highest BCUT2D eigenvalue weighted by atomic mass is 35.5. The molecule has 1 heterocycles. The van der Waals surface area contributed by atoms with E-state index >= 15 is 0 Å². The van der Waals surface area contributed by atoms with Gasteiger partial charge in [-0.25, -0.2) is 0 Å². The predicted molar refractivity (Wildman–Crippen MR) is 48.8 cm³/mol. The molecular weight excluding hydrogens is 197 g/mol. The number of carbonyl (C=O) groups excluding carboxylic acids is 1. The van der Waals surface area contributed by atoms with Gasteiger partial charge in [0, 0.05) is 5.02 Å². The summed E-state index contributed by atoms with van der Waals surface area (Å²) < 4.78 is 0. The molecule has 0 radical (unpaired) electrons. The highest BCUT2D eigenvalue weighted by molar-refractivity contribution is 6.37. The molecule has 1 aromatic carbocycles. The quantitative estimate of drug-likeness (QED) is 0.687. The molecule has 0 bridgehead atoms. The zero-order valence-electron chi connectivity index (χ0n) is 6.03. The number of halogens is 2. The molecule has 12 heavy (non-hydrogen) atoms. The summed E-state index contributed by atoms with van der Waals surface area (Å²) in [5.41, 5.74) is 1.57. The Morgan fingerprint density at radius 1 is 1.33 bits per heavy atom. The van der Waals surface area contributed by atoms with Gasteiger partial charge in [0.2, 0.25) is 5.91 Å². The molecule has 1 aliphatic rings. The van der Waals surface area contributed by atoms with Gasteiger partial charge in [-0.05, 0) is 17.7 Å². The Balaban J connectivity index is 2.59. The van der Waals surface area contributed by atoms with Crippen molar-refractivity contribution in [2.24, 2.45) is 0 Å². The molecule has 0 atom stereocenters. The number of carbonyl (C=O) groups is 1. The van der Waals surface area contributed by atoms with Crippen LogP contribution < -0.4 is 5.32 Å². The number of hydrogen-bond donors (Lipinski definition) is 1. The second kappa shape index (κ2) is 2.64. The molecule has 0 saturated carbocycles. The first-order chi connectivity index (χ1) is 5.66. The summed E-state index contributed by atoms with van der Waals surface area (Å²) in [5, 5.41) is 3.73. The van der Waals surface area contributed by atoms with Crippen LogP contribution in [0.5, 0.6) is 0 Å². The van der Waals surface area contributed by atoms with E-state index < -0.39 is 0 Å². The number of fused-ring (bicyclic) bond motifs is 1. The minimum atomic E-state index is -0.0332. The Labute approximate surface area is 79.5 Å². The Morgan fingerprint density at radius 2 is 2.08 bits per heavy atom. The molecule has 2 rings (SSSR count). The summed E-state index contributed by atoms with van der Waals surface area (Å²) in [6, 6.07) is 3.37. The van der Waals surface area contributed by atoms with Crippen LogP contribution in [0.2, 0.25) is 10.0 Å².